The molecule has 1 nitrogen and oxygen atoms in total. The number of aromatic amines is 1. The second-order valence-electron chi connectivity index (χ2n) is 7.09. The normalized spacial score (nSPS) is 17.5. The molecule has 1 heterocycles. The van der Waals surface area contributed by atoms with Crippen LogP contribution in [-0.2, 0) is 0 Å². The zero-order chi connectivity index (χ0) is 17.1. The summed E-state index contributed by atoms with van der Waals surface area (Å²) in [5.41, 5.74) is 9.06. The van der Waals surface area contributed by atoms with E-state index in [9.17, 15) is 0 Å². The third kappa shape index (κ3) is 1.86. The molecule has 2 aliphatic rings. The van der Waals surface area contributed by atoms with Crippen LogP contribution in [0.2, 0.25) is 0 Å². The van der Waals surface area contributed by atoms with Crippen LogP contribution in [0.4, 0.5) is 0 Å². The first kappa shape index (κ1) is 13.9. The maximum absolute atomic E-state index is 3.60. The van der Waals surface area contributed by atoms with E-state index in [0.29, 0.717) is 5.92 Å². The summed E-state index contributed by atoms with van der Waals surface area (Å²) in [5.74, 6) is 0.290. The first-order valence-corrected chi connectivity index (χ1v) is 9.09. The van der Waals surface area contributed by atoms with Crippen molar-refractivity contribution >= 4 is 27.4 Å². The molecule has 0 fully saturated rings. The fraction of sp³-hybridized carbons (Fsp3) is 0.0400. The maximum atomic E-state index is 3.60. The molecule has 1 N–H and O–H groups in total. The molecule has 1 aromatic heterocycles. The van der Waals surface area contributed by atoms with Crippen molar-refractivity contribution < 1.29 is 0 Å². The van der Waals surface area contributed by atoms with Crippen LogP contribution >= 0.6 is 0 Å². The second-order valence-corrected chi connectivity index (χ2v) is 7.09. The van der Waals surface area contributed by atoms with Gasteiger partial charge >= 0.3 is 0 Å². The Morgan fingerprint density at radius 2 is 1.54 bits per heavy atom. The Labute approximate surface area is 152 Å². The molecule has 1 heteroatoms. The SMILES string of the molecule is C1=CC2=CC(C=C1)c1cc3[nH]c4ccccc4c3cc1-c1ccccc12. The quantitative estimate of drug-likeness (QED) is 0.374. The minimum absolute atomic E-state index is 0.290. The second kappa shape index (κ2) is 5.09. The van der Waals surface area contributed by atoms with Gasteiger partial charge in [0.25, 0.3) is 0 Å². The van der Waals surface area contributed by atoms with Crippen LogP contribution < -0.4 is 0 Å². The molecule has 2 aliphatic carbocycles. The van der Waals surface area contributed by atoms with E-state index in [2.05, 4.69) is 96.0 Å². The number of para-hydroxylation sites is 1. The topological polar surface area (TPSA) is 15.8 Å². The molecule has 3 aromatic carbocycles. The number of rotatable bonds is 0. The van der Waals surface area contributed by atoms with E-state index in [1.807, 2.05) is 0 Å². The van der Waals surface area contributed by atoms with E-state index in [-0.39, 0.29) is 0 Å². The van der Waals surface area contributed by atoms with Crippen molar-refractivity contribution in [2.45, 2.75) is 5.92 Å². The van der Waals surface area contributed by atoms with Crippen molar-refractivity contribution in [1.82, 2.24) is 4.98 Å². The Kier molecular flexibility index (Phi) is 2.72. The van der Waals surface area contributed by atoms with E-state index >= 15 is 0 Å². The van der Waals surface area contributed by atoms with E-state index < -0.39 is 0 Å². The van der Waals surface area contributed by atoms with Gasteiger partial charge in [-0.05, 0) is 46.0 Å². The van der Waals surface area contributed by atoms with Crippen LogP contribution in [0.1, 0.15) is 17.0 Å². The van der Waals surface area contributed by atoms with E-state index in [0.717, 1.165) is 0 Å². The highest BCUT2D eigenvalue weighted by molar-refractivity contribution is 6.09. The Morgan fingerprint density at radius 1 is 0.692 bits per heavy atom. The summed E-state index contributed by atoms with van der Waals surface area (Å²) in [6.07, 6.45) is 11.2. The summed E-state index contributed by atoms with van der Waals surface area (Å²) in [5, 5.41) is 2.59. The van der Waals surface area contributed by atoms with Crippen molar-refractivity contribution in [3.05, 3.63) is 102 Å². The first-order valence-electron chi connectivity index (χ1n) is 9.09. The largest absolute Gasteiger partial charge is 0.355 e. The van der Waals surface area contributed by atoms with Gasteiger partial charge < -0.3 is 4.98 Å². The lowest BCUT2D eigenvalue weighted by Crippen LogP contribution is -1.94. The van der Waals surface area contributed by atoms with Gasteiger partial charge in [0.1, 0.15) is 0 Å². The van der Waals surface area contributed by atoms with Crippen molar-refractivity contribution in [2.24, 2.45) is 0 Å². The van der Waals surface area contributed by atoms with Gasteiger partial charge in [-0.25, -0.2) is 0 Å². The summed E-state index contributed by atoms with van der Waals surface area (Å²) < 4.78 is 0. The maximum Gasteiger partial charge on any atom is 0.0468 e. The Morgan fingerprint density at radius 3 is 2.50 bits per heavy atom. The summed E-state index contributed by atoms with van der Waals surface area (Å²) in [6, 6.07) is 22.1. The van der Waals surface area contributed by atoms with Gasteiger partial charge in [0.2, 0.25) is 0 Å². The fourth-order valence-corrected chi connectivity index (χ4v) is 4.41. The van der Waals surface area contributed by atoms with Crippen LogP contribution in [0, 0.1) is 0 Å². The fourth-order valence-electron chi connectivity index (χ4n) is 4.41. The number of fused-ring (bicyclic) bond motifs is 9. The van der Waals surface area contributed by atoms with Crippen molar-refractivity contribution in [3.63, 3.8) is 0 Å². The van der Waals surface area contributed by atoms with E-state index in [1.165, 1.54) is 49.6 Å². The summed E-state index contributed by atoms with van der Waals surface area (Å²) in [7, 11) is 0. The van der Waals surface area contributed by atoms with Crippen LogP contribution in [-0.4, -0.2) is 4.98 Å². The van der Waals surface area contributed by atoms with Crippen LogP contribution in [0.15, 0.2) is 91.0 Å². The minimum atomic E-state index is 0.290. The van der Waals surface area contributed by atoms with Gasteiger partial charge in [-0.3, -0.25) is 0 Å². The Hall–Kier alpha value is -3.32. The molecule has 0 saturated carbocycles. The number of allylic oxidation sites excluding steroid dienone is 6. The molecule has 0 spiro atoms. The predicted molar refractivity (Wildman–Crippen MR) is 110 cm³/mol. The lowest BCUT2D eigenvalue weighted by molar-refractivity contribution is 1.10. The van der Waals surface area contributed by atoms with Crippen LogP contribution in [0.3, 0.4) is 0 Å². The van der Waals surface area contributed by atoms with Crippen molar-refractivity contribution in [2.75, 3.05) is 0 Å². The average Bonchev–Trinajstić information content (AvgIpc) is 2.82. The van der Waals surface area contributed by atoms with Crippen LogP contribution in [0.5, 0.6) is 0 Å². The molecule has 2 bridgehead atoms. The van der Waals surface area contributed by atoms with E-state index in [4.69, 9.17) is 0 Å². The third-order valence-electron chi connectivity index (χ3n) is 5.63. The molecule has 0 aliphatic heterocycles. The Bertz CT molecular complexity index is 1280. The average molecular weight is 331 g/mol. The number of aromatic nitrogens is 1. The molecule has 26 heavy (non-hydrogen) atoms. The van der Waals surface area contributed by atoms with Gasteiger partial charge in [-0.2, -0.15) is 0 Å². The molecule has 0 radical (unpaired) electrons. The Balaban J connectivity index is 1.77. The molecule has 6 rings (SSSR count). The van der Waals surface area contributed by atoms with Gasteiger partial charge in [-0.1, -0.05) is 72.8 Å². The smallest absolute Gasteiger partial charge is 0.0468 e. The lowest BCUT2D eigenvalue weighted by Gasteiger charge is -2.14. The summed E-state index contributed by atoms with van der Waals surface area (Å²) >= 11 is 0. The highest BCUT2D eigenvalue weighted by Crippen LogP contribution is 2.44. The molecule has 122 valence electrons. The number of benzene rings is 3. The highest BCUT2D eigenvalue weighted by atomic mass is 14.7. The molecule has 0 amide bonds. The number of hydrogen-bond acceptors (Lipinski definition) is 0. The summed E-state index contributed by atoms with van der Waals surface area (Å²) in [6.45, 7) is 0. The van der Waals surface area contributed by atoms with Gasteiger partial charge in [0, 0.05) is 27.7 Å². The van der Waals surface area contributed by atoms with E-state index in [1.54, 1.807) is 0 Å². The first-order chi connectivity index (χ1) is 12.9. The van der Waals surface area contributed by atoms with Gasteiger partial charge in [0.05, 0.1) is 0 Å². The van der Waals surface area contributed by atoms with Crippen molar-refractivity contribution in [1.29, 1.82) is 0 Å². The molecule has 4 aromatic rings. The molecule has 1 atom stereocenters. The minimum Gasteiger partial charge on any atom is -0.355 e. The molecule has 1 unspecified atom stereocenters. The zero-order valence-electron chi connectivity index (χ0n) is 14.2. The third-order valence-corrected chi connectivity index (χ3v) is 5.63. The summed E-state index contributed by atoms with van der Waals surface area (Å²) in [4.78, 5) is 3.60. The lowest BCUT2D eigenvalue weighted by atomic mass is 9.89. The number of H-pyrrole nitrogens is 1. The van der Waals surface area contributed by atoms with Crippen LogP contribution in [0.25, 0.3) is 38.5 Å². The van der Waals surface area contributed by atoms with Gasteiger partial charge in [0.15, 0.2) is 0 Å². The zero-order valence-corrected chi connectivity index (χ0v) is 14.2. The predicted octanol–water partition coefficient (Wildman–Crippen LogP) is 6.59. The van der Waals surface area contributed by atoms with Gasteiger partial charge in [-0.15, -0.1) is 0 Å². The number of nitrogens with one attached hydrogen (secondary N) is 1. The molecular formula is C25H17N. The standard InChI is InChI=1S/C25H17N/c1-2-8-17-13-16(7-1)18-9-3-4-10-19(18)22-14-23-20-11-5-6-12-24(20)26-25(23)15-21(17)22/h1-15,17,26H. The monoisotopic (exact) mass is 331 g/mol. The number of hydrogen-bond donors (Lipinski definition) is 1. The highest BCUT2D eigenvalue weighted by Gasteiger charge is 2.22. The van der Waals surface area contributed by atoms with Crippen molar-refractivity contribution in [3.8, 4) is 11.1 Å². The molecular weight excluding hydrogens is 314 g/mol. The molecule has 0 saturated heterocycles.